The summed E-state index contributed by atoms with van der Waals surface area (Å²) in [4.78, 5) is 12.1. The van der Waals surface area contributed by atoms with E-state index in [0.29, 0.717) is 17.7 Å². The molecule has 0 bridgehead atoms. The Morgan fingerprint density at radius 1 is 1.31 bits per heavy atom. The highest BCUT2D eigenvalue weighted by atomic mass is 32.2. The largest absolute Gasteiger partial charge is 0.312 e. The summed E-state index contributed by atoms with van der Waals surface area (Å²) >= 11 is 1.98. The number of hydrogen-bond donors (Lipinski definition) is 1. The third-order valence-electron chi connectivity index (χ3n) is 3.92. The molecule has 2 rings (SSSR count). The molecule has 1 heterocycles. The van der Waals surface area contributed by atoms with E-state index in [1.165, 1.54) is 18.6 Å². The average Bonchev–Trinajstić information content (AvgIpc) is 2.31. The van der Waals surface area contributed by atoms with E-state index < -0.39 is 0 Å². The summed E-state index contributed by atoms with van der Waals surface area (Å²) in [6, 6.07) is 0.450. The van der Waals surface area contributed by atoms with Crippen molar-refractivity contribution in [2.75, 3.05) is 18.1 Å². The third kappa shape index (κ3) is 3.49. The van der Waals surface area contributed by atoms with Crippen LogP contribution in [-0.4, -0.2) is 29.9 Å². The van der Waals surface area contributed by atoms with Gasteiger partial charge < -0.3 is 5.32 Å². The van der Waals surface area contributed by atoms with Crippen LogP contribution in [0.2, 0.25) is 0 Å². The van der Waals surface area contributed by atoms with Gasteiger partial charge in [-0.1, -0.05) is 19.8 Å². The van der Waals surface area contributed by atoms with Crippen molar-refractivity contribution in [1.82, 2.24) is 5.32 Å². The Bertz CT molecular complexity index is 230. The first-order valence-corrected chi connectivity index (χ1v) is 7.75. The number of rotatable bonds is 3. The molecule has 2 fully saturated rings. The van der Waals surface area contributed by atoms with E-state index in [1.54, 1.807) is 0 Å². The van der Waals surface area contributed by atoms with E-state index in [4.69, 9.17) is 0 Å². The summed E-state index contributed by atoms with van der Waals surface area (Å²) in [5.41, 5.74) is 0. The minimum Gasteiger partial charge on any atom is -0.312 e. The van der Waals surface area contributed by atoms with Crippen LogP contribution in [0.3, 0.4) is 0 Å². The number of Topliss-reactive ketones (excluding diaryl/α,β-unsaturated/α-hetero) is 1. The molecule has 0 aromatic rings. The lowest BCUT2D eigenvalue weighted by Crippen LogP contribution is -2.40. The topological polar surface area (TPSA) is 29.1 Å². The molecule has 0 spiro atoms. The van der Waals surface area contributed by atoms with Gasteiger partial charge in [-0.25, -0.2) is 0 Å². The quantitative estimate of drug-likeness (QED) is 0.823. The lowest BCUT2D eigenvalue weighted by molar-refractivity contribution is -0.124. The average molecular weight is 241 g/mol. The number of nitrogens with one attached hydrogen (secondary N) is 1. The predicted molar refractivity (Wildman–Crippen MR) is 69.9 cm³/mol. The SMILES string of the molecule is CC1CCC(C(=O)CC2CSCCN2)CC1. The van der Waals surface area contributed by atoms with Crippen molar-refractivity contribution in [3.8, 4) is 0 Å². The van der Waals surface area contributed by atoms with Gasteiger partial charge >= 0.3 is 0 Å². The molecule has 16 heavy (non-hydrogen) atoms. The monoisotopic (exact) mass is 241 g/mol. The highest BCUT2D eigenvalue weighted by Gasteiger charge is 2.26. The smallest absolute Gasteiger partial charge is 0.137 e. The second kappa shape index (κ2) is 6.06. The zero-order valence-corrected chi connectivity index (χ0v) is 11.0. The number of ketones is 1. The maximum atomic E-state index is 12.1. The first-order valence-electron chi connectivity index (χ1n) is 6.59. The molecule has 1 saturated heterocycles. The fourth-order valence-electron chi connectivity index (χ4n) is 2.74. The molecular formula is C13H23NOS. The predicted octanol–water partition coefficient (Wildman–Crippen LogP) is 2.48. The second-order valence-electron chi connectivity index (χ2n) is 5.35. The molecular weight excluding hydrogens is 218 g/mol. The van der Waals surface area contributed by atoms with Gasteiger partial charge in [-0.15, -0.1) is 0 Å². The van der Waals surface area contributed by atoms with Crippen LogP contribution in [0.5, 0.6) is 0 Å². The van der Waals surface area contributed by atoms with Gasteiger partial charge in [-0.05, 0) is 18.8 Å². The lowest BCUT2D eigenvalue weighted by Gasteiger charge is -2.28. The maximum absolute atomic E-state index is 12.1. The molecule has 2 aliphatic rings. The fourth-order valence-corrected chi connectivity index (χ4v) is 3.69. The van der Waals surface area contributed by atoms with Gasteiger partial charge in [-0.2, -0.15) is 11.8 Å². The Hall–Kier alpha value is -0.0200. The molecule has 0 amide bonds. The summed E-state index contributed by atoms with van der Waals surface area (Å²) in [7, 11) is 0. The summed E-state index contributed by atoms with van der Waals surface area (Å²) in [6.07, 6.45) is 5.55. The molecule has 1 saturated carbocycles. The number of thioether (sulfide) groups is 1. The van der Waals surface area contributed by atoms with Crippen molar-refractivity contribution in [2.45, 2.75) is 45.1 Å². The van der Waals surface area contributed by atoms with E-state index in [2.05, 4.69) is 12.2 Å². The molecule has 92 valence electrons. The van der Waals surface area contributed by atoms with Crippen LogP contribution in [0.4, 0.5) is 0 Å². The van der Waals surface area contributed by atoms with Crippen molar-refractivity contribution in [3.63, 3.8) is 0 Å². The van der Waals surface area contributed by atoms with Crippen LogP contribution in [-0.2, 0) is 4.79 Å². The van der Waals surface area contributed by atoms with E-state index in [-0.39, 0.29) is 0 Å². The molecule has 3 heteroatoms. The Morgan fingerprint density at radius 3 is 2.69 bits per heavy atom. The van der Waals surface area contributed by atoms with Gasteiger partial charge in [0.25, 0.3) is 0 Å². The van der Waals surface area contributed by atoms with E-state index in [9.17, 15) is 4.79 Å². The number of hydrogen-bond acceptors (Lipinski definition) is 3. The molecule has 0 aromatic carbocycles. The maximum Gasteiger partial charge on any atom is 0.137 e. The van der Waals surface area contributed by atoms with Crippen molar-refractivity contribution < 1.29 is 4.79 Å². The Kier molecular flexibility index (Phi) is 4.71. The Labute approximate surface area is 103 Å². The normalized spacial score (nSPS) is 35.9. The Morgan fingerprint density at radius 2 is 2.06 bits per heavy atom. The minimum absolute atomic E-state index is 0.380. The molecule has 1 unspecified atom stereocenters. The molecule has 0 aromatic heterocycles. The molecule has 0 radical (unpaired) electrons. The van der Waals surface area contributed by atoms with Crippen LogP contribution >= 0.6 is 11.8 Å². The van der Waals surface area contributed by atoms with Crippen molar-refractivity contribution in [1.29, 1.82) is 0 Å². The van der Waals surface area contributed by atoms with Crippen LogP contribution < -0.4 is 5.32 Å². The van der Waals surface area contributed by atoms with E-state index in [1.807, 2.05) is 11.8 Å². The van der Waals surface area contributed by atoms with Crippen molar-refractivity contribution in [3.05, 3.63) is 0 Å². The van der Waals surface area contributed by atoms with E-state index >= 15 is 0 Å². The van der Waals surface area contributed by atoms with E-state index in [0.717, 1.165) is 37.5 Å². The number of carbonyl (C=O) groups is 1. The van der Waals surface area contributed by atoms with Crippen molar-refractivity contribution in [2.24, 2.45) is 11.8 Å². The summed E-state index contributed by atoms with van der Waals surface area (Å²) in [5.74, 6) is 4.06. The van der Waals surface area contributed by atoms with Crippen molar-refractivity contribution >= 4 is 17.5 Å². The molecule has 1 aliphatic heterocycles. The van der Waals surface area contributed by atoms with Gasteiger partial charge in [0.15, 0.2) is 0 Å². The van der Waals surface area contributed by atoms with Gasteiger partial charge in [0.1, 0.15) is 5.78 Å². The first kappa shape index (κ1) is 12.4. The lowest BCUT2D eigenvalue weighted by atomic mass is 9.80. The van der Waals surface area contributed by atoms with Crippen LogP contribution in [0, 0.1) is 11.8 Å². The summed E-state index contributed by atoms with van der Waals surface area (Å²) in [5, 5.41) is 3.46. The minimum atomic E-state index is 0.380. The van der Waals surface area contributed by atoms with Gasteiger partial charge in [0.05, 0.1) is 0 Å². The highest BCUT2D eigenvalue weighted by Crippen LogP contribution is 2.30. The Balaban J connectivity index is 1.74. The highest BCUT2D eigenvalue weighted by molar-refractivity contribution is 7.99. The van der Waals surface area contributed by atoms with Crippen LogP contribution in [0.15, 0.2) is 0 Å². The third-order valence-corrected chi connectivity index (χ3v) is 5.05. The van der Waals surface area contributed by atoms with Gasteiger partial charge in [-0.3, -0.25) is 4.79 Å². The standard InChI is InChI=1S/C13H23NOS/c1-10-2-4-11(5-3-10)13(15)8-12-9-16-7-6-14-12/h10-12,14H,2-9H2,1H3. The summed E-state index contributed by atoms with van der Waals surface area (Å²) < 4.78 is 0. The molecule has 1 N–H and O–H groups in total. The van der Waals surface area contributed by atoms with Crippen LogP contribution in [0.25, 0.3) is 0 Å². The van der Waals surface area contributed by atoms with Gasteiger partial charge in [0, 0.05) is 36.4 Å². The zero-order chi connectivity index (χ0) is 11.4. The second-order valence-corrected chi connectivity index (χ2v) is 6.50. The van der Waals surface area contributed by atoms with Crippen LogP contribution in [0.1, 0.15) is 39.0 Å². The first-order chi connectivity index (χ1) is 7.75. The molecule has 1 atom stereocenters. The van der Waals surface area contributed by atoms with Gasteiger partial charge in [0.2, 0.25) is 0 Å². The summed E-state index contributed by atoms with van der Waals surface area (Å²) in [6.45, 7) is 3.38. The zero-order valence-electron chi connectivity index (χ0n) is 10.2. The molecule has 2 nitrogen and oxygen atoms in total. The molecule has 1 aliphatic carbocycles. The number of carbonyl (C=O) groups excluding carboxylic acids is 1. The fraction of sp³-hybridized carbons (Fsp3) is 0.923.